The molecular weight excluding hydrogens is 226 g/mol. The Hall–Kier alpha value is -0.870. The molecule has 104 valence electrons. The van der Waals surface area contributed by atoms with Crippen molar-refractivity contribution in [1.82, 2.24) is 15.1 Å². The van der Waals surface area contributed by atoms with Gasteiger partial charge in [-0.25, -0.2) is 0 Å². The molecule has 0 aliphatic carbocycles. The molecule has 1 heterocycles. The summed E-state index contributed by atoms with van der Waals surface area (Å²) in [4.78, 5) is 0. The highest BCUT2D eigenvalue weighted by Gasteiger charge is 2.06. The summed E-state index contributed by atoms with van der Waals surface area (Å²) in [5, 5.41) is 7.85. The van der Waals surface area contributed by atoms with Gasteiger partial charge in [0.05, 0.1) is 25.5 Å². The van der Waals surface area contributed by atoms with E-state index in [1.54, 1.807) is 0 Å². The van der Waals surface area contributed by atoms with Crippen LogP contribution in [0.2, 0.25) is 0 Å². The summed E-state index contributed by atoms with van der Waals surface area (Å²) in [5.41, 5.74) is 2.51. The fourth-order valence-electron chi connectivity index (χ4n) is 1.75. The minimum Gasteiger partial charge on any atom is -0.377 e. The third kappa shape index (κ3) is 5.19. The zero-order valence-electron chi connectivity index (χ0n) is 12.4. The van der Waals surface area contributed by atoms with E-state index in [-0.39, 0.29) is 6.10 Å². The Labute approximate surface area is 111 Å². The lowest BCUT2D eigenvalue weighted by Crippen LogP contribution is -2.19. The molecule has 1 aromatic rings. The summed E-state index contributed by atoms with van der Waals surface area (Å²) in [5.74, 6) is 0.680. The summed E-state index contributed by atoms with van der Waals surface area (Å²) in [6.45, 7) is 14.1. The first kappa shape index (κ1) is 15.2. The van der Waals surface area contributed by atoms with Crippen LogP contribution in [0.25, 0.3) is 0 Å². The van der Waals surface area contributed by atoms with Crippen LogP contribution in [0.1, 0.15) is 39.0 Å². The Bertz CT molecular complexity index is 313. The van der Waals surface area contributed by atoms with Gasteiger partial charge in [-0.2, -0.15) is 5.10 Å². The normalized spacial score (nSPS) is 11.7. The lowest BCUT2D eigenvalue weighted by Gasteiger charge is -2.10. The number of hydrogen-bond acceptors (Lipinski definition) is 3. The van der Waals surface area contributed by atoms with Crippen molar-refractivity contribution in [2.75, 3.05) is 13.2 Å². The molecule has 0 saturated heterocycles. The topological polar surface area (TPSA) is 39.1 Å². The van der Waals surface area contributed by atoms with Crippen molar-refractivity contribution in [3.8, 4) is 0 Å². The molecule has 0 radical (unpaired) electrons. The molecule has 0 atom stereocenters. The zero-order chi connectivity index (χ0) is 13.5. The standard InChI is InChI=1S/C14H27N3O/c1-11(2)8-15-9-14-10-16-17(13(14)5)6-7-18-12(3)4/h10-12,15H,6-9H2,1-5H3. The van der Waals surface area contributed by atoms with E-state index in [1.165, 1.54) is 11.3 Å². The Morgan fingerprint density at radius 3 is 2.67 bits per heavy atom. The van der Waals surface area contributed by atoms with Gasteiger partial charge in [-0.15, -0.1) is 0 Å². The lowest BCUT2D eigenvalue weighted by atomic mass is 10.2. The third-order valence-corrected chi connectivity index (χ3v) is 2.83. The van der Waals surface area contributed by atoms with E-state index in [4.69, 9.17) is 4.74 Å². The molecule has 1 rings (SSSR count). The summed E-state index contributed by atoms with van der Waals surface area (Å²) in [6.07, 6.45) is 2.24. The maximum atomic E-state index is 5.55. The van der Waals surface area contributed by atoms with Crippen molar-refractivity contribution in [1.29, 1.82) is 0 Å². The van der Waals surface area contributed by atoms with Crippen LogP contribution in [0, 0.1) is 12.8 Å². The summed E-state index contributed by atoms with van der Waals surface area (Å²) in [6, 6.07) is 0. The summed E-state index contributed by atoms with van der Waals surface area (Å²) in [7, 11) is 0. The Kier molecular flexibility index (Phi) is 6.36. The Morgan fingerprint density at radius 1 is 1.33 bits per heavy atom. The van der Waals surface area contributed by atoms with Gasteiger partial charge in [0.15, 0.2) is 0 Å². The first-order valence-corrected chi connectivity index (χ1v) is 6.84. The molecule has 1 aromatic heterocycles. The van der Waals surface area contributed by atoms with Gasteiger partial charge in [-0.1, -0.05) is 13.8 Å². The zero-order valence-corrected chi connectivity index (χ0v) is 12.4. The van der Waals surface area contributed by atoms with Crippen LogP contribution in [0.4, 0.5) is 0 Å². The van der Waals surface area contributed by atoms with E-state index in [0.29, 0.717) is 5.92 Å². The van der Waals surface area contributed by atoms with Gasteiger partial charge in [0.25, 0.3) is 0 Å². The molecule has 4 nitrogen and oxygen atoms in total. The molecular formula is C14H27N3O. The maximum absolute atomic E-state index is 5.55. The largest absolute Gasteiger partial charge is 0.377 e. The number of hydrogen-bond donors (Lipinski definition) is 1. The predicted molar refractivity (Wildman–Crippen MR) is 74.6 cm³/mol. The minimum absolute atomic E-state index is 0.285. The minimum atomic E-state index is 0.285. The van der Waals surface area contributed by atoms with Crippen LogP contribution >= 0.6 is 0 Å². The van der Waals surface area contributed by atoms with E-state index in [1.807, 2.05) is 10.9 Å². The fourth-order valence-corrected chi connectivity index (χ4v) is 1.75. The molecule has 4 heteroatoms. The van der Waals surface area contributed by atoms with E-state index in [9.17, 15) is 0 Å². The van der Waals surface area contributed by atoms with Crippen molar-refractivity contribution in [2.24, 2.45) is 5.92 Å². The fraction of sp³-hybridized carbons (Fsp3) is 0.786. The molecule has 0 bridgehead atoms. The van der Waals surface area contributed by atoms with E-state index >= 15 is 0 Å². The van der Waals surface area contributed by atoms with Crippen molar-refractivity contribution < 1.29 is 4.74 Å². The van der Waals surface area contributed by atoms with Crippen LogP contribution in [-0.4, -0.2) is 29.0 Å². The second kappa shape index (κ2) is 7.54. The molecule has 0 aliphatic rings. The first-order chi connectivity index (χ1) is 8.50. The molecule has 0 aliphatic heterocycles. The molecule has 0 aromatic carbocycles. The number of aromatic nitrogens is 2. The number of rotatable bonds is 8. The monoisotopic (exact) mass is 253 g/mol. The van der Waals surface area contributed by atoms with Crippen molar-refractivity contribution in [3.05, 3.63) is 17.5 Å². The van der Waals surface area contributed by atoms with Gasteiger partial charge in [-0.05, 0) is 33.2 Å². The summed E-state index contributed by atoms with van der Waals surface area (Å²) >= 11 is 0. The molecule has 0 amide bonds. The van der Waals surface area contributed by atoms with Crippen molar-refractivity contribution >= 4 is 0 Å². The Morgan fingerprint density at radius 2 is 2.06 bits per heavy atom. The maximum Gasteiger partial charge on any atom is 0.0666 e. The van der Waals surface area contributed by atoms with Crippen molar-refractivity contribution in [2.45, 2.75) is 53.8 Å². The highest BCUT2D eigenvalue weighted by molar-refractivity contribution is 5.15. The average Bonchev–Trinajstić information content (AvgIpc) is 2.60. The van der Waals surface area contributed by atoms with Gasteiger partial charge in [0, 0.05) is 17.8 Å². The average molecular weight is 253 g/mol. The molecule has 1 N–H and O–H groups in total. The molecule has 0 saturated carbocycles. The quantitative estimate of drug-likeness (QED) is 0.773. The molecule has 0 unspecified atom stereocenters. The second-order valence-electron chi connectivity index (χ2n) is 5.42. The highest BCUT2D eigenvalue weighted by atomic mass is 16.5. The molecule has 0 fully saturated rings. The van der Waals surface area contributed by atoms with Crippen LogP contribution in [0.5, 0.6) is 0 Å². The van der Waals surface area contributed by atoms with Gasteiger partial charge < -0.3 is 10.1 Å². The second-order valence-corrected chi connectivity index (χ2v) is 5.42. The third-order valence-electron chi connectivity index (χ3n) is 2.83. The number of nitrogens with one attached hydrogen (secondary N) is 1. The van der Waals surface area contributed by atoms with Crippen molar-refractivity contribution in [3.63, 3.8) is 0 Å². The smallest absolute Gasteiger partial charge is 0.0666 e. The van der Waals surface area contributed by atoms with E-state index < -0.39 is 0 Å². The number of nitrogens with zero attached hydrogens (tertiary/aromatic N) is 2. The van der Waals surface area contributed by atoms with Crippen LogP contribution in [-0.2, 0) is 17.8 Å². The predicted octanol–water partition coefficient (Wildman–Crippen LogP) is 2.36. The SMILES string of the molecule is Cc1c(CNCC(C)C)cnn1CCOC(C)C. The molecule has 0 spiro atoms. The van der Waals surface area contributed by atoms with Crippen LogP contribution in [0.15, 0.2) is 6.20 Å². The van der Waals surface area contributed by atoms with Gasteiger partial charge in [-0.3, -0.25) is 4.68 Å². The van der Waals surface area contributed by atoms with Gasteiger partial charge in [0.1, 0.15) is 0 Å². The van der Waals surface area contributed by atoms with Gasteiger partial charge in [0.2, 0.25) is 0 Å². The lowest BCUT2D eigenvalue weighted by molar-refractivity contribution is 0.0706. The summed E-state index contributed by atoms with van der Waals surface area (Å²) < 4.78 is 7.57. The number of ether oxygens (including phenoxy) is 1. The Balaban J connectivity index is 2.40. The van der Waals surface area contributed by atoms with Crippen LogP contribution in [0.3, 0.4) is 0 Å². The van der Waals surface area contributed by atoms with E-state index in [0.717, 1.165) is 26.2 Å². The van der Waals surface area contributed by atoms with Gasteiger partial charge >= 0.3 is 0 Å². The molecule has 18 heavy (non-hydrogen) atoms. The van der Waals surface area contributed by atoms with Crippen LogP contribution < -0.4 is 5.32 Å². The first-order valence-electron chi connectivity index (χ1n) is 6.84. The van der Waals surface area contributed by atoms with E-state index in [2.05, 4.69) is 45.0 Å². The highest BCUT2D eigenvalue weighted by Crippen LogP contribution is 2.07.